The summed E-state index contributed by atoms with van der Waals surface area (Å²) in [6.45, 7) is 3.12. The molecule has 0 saturated carbocycles. The average Bonchev–Trinajstić information content (AvgIpc) is 2.78. The third-order valence-corrected chi connectivity index (χ3v) is 5.38. The summed E-state index contributed by atoms with van der Waals surface area (Å²) in [5.74, 6) is 0. The maximum Gasteiger partial charge on any atom is 0.0697 e. The number of hydrogen-bond acceptors (Lipinski definition) is 2. The van der Waals surface area contributed by atoms with Gasteiger partial charge in [0.15, 0.2) is 0 Å². The van der Waals surface area contributed by atoms with Gasteiger partial charge in [0, 0.05) is 13.8 Å². The van der Waals surface area contributed by atoms with E-state index >= 15 is 0 Å². The fourth-order valence-corrected chi connectivity index (χ4v) is 4.41. The Bertz CT molecular complexity index is 556. The van der Waals surface area contributed by atoms with Crippen molar-refractivity contribution in [3.05, 3.63) is 54.1 Å². The Labute approximate surface area is 139 Å². The Morgan fingerprint density at radius 2 is 2.11 bits per heavy atom. The zero-order valence-corrected chi connectivity index (χ0v) is 15.2. The van der Waals surface area contributed by atoms with Crippen LogP contribution in [-0.4, -0.2) is 6.54 Å². The van der Waals surface area contributed by atoms with Crippen LogP contribution < -0.4 is 5.32 Å². The van der Waals surface area contributed by atoms with Gasteiger partial charge in [-0.1, -0.05) is 56.5 Å². The number of thiophene rings is 1. The smallest absolute Gasteiger partial charge is 0.0697 e. The summed E-state index contributed by atoms with van der Waals surface area (Å²) in [4.78, 5) is 1.16. The summed E-state index contributed by atoms with van der Waals surface area (Å²) in [6.07, 6.45) is 1.09. The quantitative estimate of drug-likeness (QED) is 0.620. The zero-order valence-electron chi connectivity index (χ0n) is 10.4. The minimum atomic E-state index is 0.134. The van der Waals surface area contributed by atoms with Crippen molar-refractivity contribution in [1.29, 1.82) is 0 Å². The van der Waals surface area contributed by atoms with E-state index < -0.39 is 0 Å². The second-order valence-electron chi connectivity index (χ2n) is 4.19. The summed E-state index contributed by atoms with van der Waals surface area (Å²) < 4.78 is 2.15. The Kier molecular flexibility index (Phi) is 5.90. The minimum Gasteiger partial charge on any atom is -0.306 e. The van der Waals surface area contributed by atoms with E-state index in [2.05, 4.69) is 62.3 Å². The zero-order chi connectivity index (χ0) is 13.8. The van der Waals surface area contributed by atoms with E-state index in [4.69, 9.17) is 11.6 Å². The molecule has 1 unspecified atom stereocenters. The fraction of sp³-hybridized carbons (Fsp3) is 0.286. The lowest BCUT2D eigenvalue weighted by Crippen LogP contribution is -2.23. The number of nitrogens with one attached hydrogen (secondary N) is 1. The third kappa shape index (κ3) is 3.82. The highest BCUT2D eigenvalue weighted by Crippen LogP contribution is 2.36. The highest BCUT2D eigenvalue weighted by atomic mass is 79.9. The molecule has 0 saturated heterocycles. The molecule has 1 atom stereocenters. The summed E-state index contributed by atoms with van der Waals surface area (Å²) >= 11 is 15.1. The van der Waals surface area contributed by atoms with Crippen molar-refractivity contribution in [2.24, 2.45) is 0 Å². The molecule has 1 nitrogen and oxygen atoms in total. The summed E-state index contributed by atoms with van der Waals surface area (Å²) in [6, 6.07) is 8.33. The van der Waals surface area contributed by atoms with Crippen LogP contribution in [0.5, 0.6) is 0 Å². The molecule has 0 aliphatic rings. The van der Waals surface area contributed by atoms with Crippen LogP contribution in [0.25, 0.3) is 0 Å². The number of hydrogen-bond donors (Lipinski definition) is 1. The van der Waals surface area contributed by atoms with E-state index in [-0.39, 0.29) is 6.04 Å². The number of halogens is 3. The molecule has 0 spiro atoms. The lowest BCUT2D eigenvalue weighted by molar-refractivity contribution is 0.604. The van der Waals surface area contributed by atoms with Crippen molar-refractivity contribution >= 4 is 54.8 Å². The highest BCUT2D eigenvalue weighted by Gasteiger charge is 2.20. The van der Waals surface area contributed by atoms with Crippen LogP contribution in [0.3, 0.4) is 0 Å². The first kappa shape index (κ1) is 15.5. The van der Waals surface area contributed by atoms with Gasteiger partial charge in [-0.15, -0.1) is 11.3 Å². The van der Waals surface area contributed by atoms with Crippen molar-refractivity contribution in [2.45, 2.75) is 19.4 Å². The van der Waals surface area contributed by atoms with Gasteiger partial charge in [-0.25, -0.2) is 0 Å². The van der Waals surface area contributed by atoms with E-state index in [1.807, 2.05) is 11.4 Å². The second kappa shape index (κ2) is 7.23. The molecular weight excluding hydrogens is 409 g/mol. The Balaban J connectivity index is 2.40. The van der Waals surface area contributed by atoms with Crippen LogP contribution in [0.2, 0.25) is 5.02 Å². The first-order valence-corrected chi connectivity index (χ1v) is 8.89. The molecular formula is C14H14Br2ClNS. The molecule has 1 aromatic carbocycles. The Hall–Kier alpha value is 0.130. The maximum atomic E-state index is 6.29. The van der Waals surface area contributed by atoms with Gasteiger partial charge in [0.05, 0.1) is 11.1 Å². The van der Waals surface area contributed by atoms with Crippen LogP contribution >= 0.6 is 54.8 Å². The normalized spacial score (nSPS) is 12.6. The first-order chi connectivity index (χ1) is 9.13. The van der Waals surface area contributed by atoms with Crippen molar-refractivity contribution in [3.63, 3.8) is 0 Å². The SMILES string of the molecule is CCCNC(c1ccc(Br)cc1Br)c1sccc1Cl. The van der Waals surface area contributed by atoms with E-state index in [1.54, 1.807) is 11.3 Å². The summed E-state index contributed by atoms with van der Waals surface area (Å²) in [5.41, 5.74) is 1.21. The van der Waals surface area contributed by atoms with E-state index in [9.17, 15) is 0 Å². The summed E-state index contributed by atoms with van der Waals surface area (Å²) in [7, 11) is 0. The van der Waals surface area contributed by atoms with Gasteiger partial charge in [-0.05, 0) is 42.1 Å². The first-order valence-electron chi connectivity index (χ1n) is 6.04. The fourth-order valence-electron chi connectivity index (χ4n) is 1.88. The molecule has 1 N–H and O–H groups in total. The third-order valence-electron chi connectivity index (χ3n) is 2.78. The second-order valence-corrected chi connectivity index (χ2v) is 7.31. The standard InChI is InChI=1S/C14H14Br2ClNS/c1-2-6-18-13(14-12(17)5-7-19-14)10-4-3-9(15)8-11(10)16/h3-5,7-8,13,18H,2,6H2,1H3. The molecule has 0 amide bonds. The van der Waals surface area contributed by atoms with Gasteiger partial charge in [-0.3, -0.25) is 0 Å². The highest BCUT2D eigenvalue weighted by molar-refractivity contribution is 9.11. The molecule has 0 bridgehead atoms. The van der Waals surface area contributed by atoms with Gasteiger partial charge < -0.3 is 5.32 Å². The number of benzene rings is 1. The van der Waals surface area contributed by atoms with Crippen LogP contribution in [0.1, 0.15) is 29.8 Å². The van der Waals surface area contributed by atoms with Gasteiger partial charge in [0.2, 0.25) is 0 Å². The monoisotopic (exact) mass is 421 g/mol. The molecule has 19 heavy (non-hydrogen) atoms. The van der Waals surface area contributed by atoms with E-state index in [0.717, 1.165) is 31.8 Å². The van der Waals surface area contributed by atoms with Crippen LogP contribution in [0, 0.1) is 0 Å². The Morgan fingerprint density at radius 3 is 2.68 bits per heavy atom. The molecule has 1 aromatic heterocycles. The molecule has 2 aromatic rings. The average molecular weight is 424 g/mol. The molecule has 5 heteroatoms. The van der Waals surface area contributed by atoms with Crippen molar-refractivity contribution in [2.75, 3.05) is 6.54 Å². The van der Waals surface area contributed by atoms with Crippen LogP contribution in [0.15, 0.2) is 38.6 Å². The topological polar surface area (TPSA) is 12.0 Å². The largest absolute Gasteiger partial charge is 0.306 e. The van der Waals surface area contributed by atoms with E-state index in [0.29, 0.717) is 0 Å². The van der Waals surface area contributed by atoms with E-state index in [1.165, 1.54) is 5.56 Å². The molecule has 0 fully saturated rings. The van der Waals surface area contributed by atoms with Crippen molar-refractivity contribution in [1.82, 2.24) is 5.32 Å². The molecule has 0 radical (unpaired) electrons. The van der Waals surface area contributed by atoms with Gasteiger partial charge in [-0.2, -0.15) is 0 Å². The van der Waals surface area contributed by atoms with Crippen LogP contribution in [0.4, 0.5) is 0 Å². The molecule has 0 aliphatic heterocycles. The lowest BCUT2D eigenvalue weighted by atomic mass is 10.1. The van der Waals surface area contributed by atoms with Crippen molar-refractivity contribution < 1.29 is 0 Å². The molecule has 2 rings (SSSR count). The van der Waals surface area contributed by atoms with Gasteiger partial charge in [0.1, 0.15) is 0 Å². The maximum absolute atomic E-state index is 6.29. The molecule has 1 heterocycles. The predicted molar refractivity (Wildman–Crippen MR) is 91.3 cm³/mol. The number of rotatable bonds is 5. The Morgan fingerprint density at radius 1 is 1.32 bits per heavy atom. The molecule has 102 valence electrons. The van der Waals surface area contributed by atoms with Gasteiger partial charge >= 0.3 is 0 Å². The van der Waals surface area contributed by atoms with Crippen molar-refractivity contribution in [3.8, 4) is 0 Å². The van der Waals surface area contributed by atoms with Crippen LogP contribution in [-0.2, 0) is 0 Å². The van der Waals surface area contributed by atoms with Gasteiger partial charge in [0.25, 0.3) is 0 Å². The summed E-state index contributed by atoms with van der Waals surface area (Å²) in [5, 5.41) is 6.43. The lowest BCUT2D eigenvalue weighted by Gasteiger charge is -2.20. The minimum absolute atomic E-state index is 0.134. The molecule has 0 aliphatic carbocycles. The predicted octanol–water partition coefficient (Wildman–Crippen LogP) is 6.02.